The lowest BCUT2D eigenvalue weighted by molar-refractivity contribution is 0.280. The first-order valence-corrected chi connectivity index (χ1v) is 22.3. The molecule has 4 aromatic carbocycles. The smallest absolute Gasteiger partial charge is 0.297 e. The van der Waals surface area contributed by atoms with Gasteiger partial charge in [0.15, 0.2) is 0 Å². The second kappa shape index (κ2) is 21.2. The van der Waals surface area contributed by atoms with E-state index in [9.17, 15) is 44.9 Å². The molecule has 5 aromatic rings. The molecule has 0 aliphatic heterocycles. The third kappa shape index (κ3) is 12.4. The van der Waals surface area contributed by atoms with Crippen LogP contribution < -0.4 is 25.3 Å². The highest BCUT2D eigenvalue weighted by Crippen LogP contribution is 2.37. The van der Waals surface area contributed by atoms with Crippen molar-refractivity contribution < 1.29 is 44.9 Å². The minimum Gasteiger partial charge on any atom is -0.395 e. The number of aliphatic hydroxyl groups excluding tert-OH is 2. The van der Waals surface area contributed by atoms with Gasteiger partial charge in [-0.15, -0.1) is 10.2 Å². The van der Waals surface area contributed by atoms with Crippen LogP contribution in [0.15, 0.2) is 103 Å². The SMILES string of the molecule is CCN(CC)c1ccc(/N=N/c2ccc(F)c(S(=O)(=O)O)c2)c(Nc2nc(Nc3cc(N(CC)CC)ccc3/N=N/c3ccc(F)c(S(=O)(=O)O)c3)nc(N(CCO)CCO)n2)c1. The fourth-order valence-electron chi connectivity index (χ4n) is 6.13. The lowest BCUT2D eigenvalue weighted by Gasteiger charge is -2.24. The van der Waals surface area contributed by atoms with E-state index in [0.29, 0.717) is 37.6 Å². The zero-order valence-corrected chi connectivity index (χ0v) is 36.2. The third-order valence-corrected chi connectivity index (χ3v) is 11.0. The topological polar surface area (TPSA) is 271 Å². The molecule has 63 heavy (non-hydrogen) atoms. The van der Waals surface area contributed by atoms with E-state index in [-0.39, 0.29) is 66.9 Å². The van der Waals surface area contributed by atoms with Gasteiger partial charge in [0, 0.05) is 50.6 Å². The van der Waals surface area contributed by atoms with E-state index in [0.717, 1.165) is 35.6 Å². The molecule has 0 aliphatic carbocycles. The molecular weight excluding hydrogens is 867 g/mol. The van der Waals surface area contributed by atoms with Crippen LogP contribution in [0.4, 0.5) is 72.1 Å². The Morgan fingerprint density at radius 2 is 0.952 bits per heavy atom. The molecule has 0 bridgehead atoms. The molecule has 24 heteroatoms. The number of halogens is 2. The van der Waals surface area contributed by atoms with Gasteiger partial charge in [-0.1, -0.05) is 0 Å². The van der Waals surface area contributed by atoms with Crippen molar-refractivity contribution in [2.75, 3.05) is 77.8 Å². The van der Waals surface area contributed by atoms with E-state index in [2.05, 4.69) is 55.8 Å². The van der Waals surface area contributed by atoms with Crippen LogP contribution in [-0.4, -0.2) is 104 Å². The van der Waals surface area contributed by atoms with Crippen molar-refractivity contribution in [3.05, 3.63) is 84.4 Å². The van der Waals surface area contributed by atoms with Crippen LogP contribution in [0.1, 0.15) is 27.7 Å². The molecule has 1 heterocycles. The Kier molecular flexibility index (Phi) is 16.0. The minimum atomic E-state index is -4.90. The second-order valence-corrected chi connectivity index (χ2v) is 16.1. The van der Waals surface area contributed by atoms with Gasteiger partial charge < -0.3 is 35.5 Å². The van der Waals surface area contributed by atoms with Crippen molar-refractivity contribution in [2.24, 2.45) is 20.5 Å². The molecule has 0 saturated carbocycles. The number of nitrogens with zero attached hydrogens (tertiary/aromatic N) is 10. The van der Waals surface area contributed by atoms with Crippen LogP contribution in [0, 0.1) is 11.6 Å². The summed E-state index contributed by atoms with van der Waals surface area (Å²) in [6.45, 7) is 9.83. The first-order chi connectivity index (χ1) is 30.0. The molecule has 0 radical (unpaired) electrons. The number of rotatable bonds is 21. The normalized spacial score (nSPS) is 12.0. The first kappa shape index (κ1) is 47.7. The highest BCUT2D eigenvalue weighted by Gasteiger charge is 2.20. The molecule has 0 spiro atoms. The maximum atomic E-state index is 14.2. The highest BCUT2D eigenvalue weighted by atomic mass is 32.2. The molecule has 0 aliphatic rings. The number of aliphatic hydroxyl groups is 2. The summed E-state index contributed by atoms with van der Waals surface area (Å²) in [6.07, 6.45) is 0. The summed E-state index contributed by atoms with van der Waals surface area (Å²) < 4.78 is 94.5. The van der Waals surface area contributed by atoms with Crippen LogP contribution in [-0.2, 0) is 20.2 Å². The first-order valence-electron chi connectivity index (χ1n) is 19.4. The highest BCUT2D eigenvalue weighted by molar-refractivity contribution is 7.86. The number of aromatic nitrogens is 3. The van der Waals surface area contributed by atoms with Crippen LogP contribution in [0.5, 0.6) is 0 Å². The molecule has 0 amide bonds. The number of anilines is 7. The van der Waals surface area contributed by atoms with Crippen molar-refractivity contribution in [1.82, 2.24) is 15.0 Å². The molecule has 5 rings (SSSR count). The Hall–Kier alpha value is -6.31. The van der Waals surface area contributed by atoms with Gasteiger partial charge in [-0.05, 0) is 100 Å². The van der Waals surface area contributed by atoms with E-state index in [1.54, 1.807) is 36.4 Å². The van der Waals surface area contributed by atoms with E-state index >= 15 is 0 Å². The van der Waals surface area contributed by atoms with Crippen LogP contribution in [0.2, 0.25) is 0 Å². The molecule has 1 aromatic heterocycles. The molecule has 20 nitrogen and oxygen atoms in total. The van der Waals surface area contributed by atoms with Gasteiger partial charge in [-0.25, -0.2) is 8.78 Å². The molecule has 336 valence electrons. The molecule has 0 saturated heterocycles. The Labute approximate surface area is 362 Å². The van der Waals surface area contributed by atoms with E-state index in [1.807, 2.05) is 27.7 Å². The summed E-state index contributed by atoms with van der Waals surface area (Å²) >= 11 is 0. The van der Waals surface area contributed by atoms with Crippen molar-refractivity contribution in [1.29, 1.82) is 0 Å². The minimum absolute atomic E-state index is 0.0176. The van der Waals surface area contributed by atoms with E-state index in [1.165, 1.54) is 17.0 Å². The van der Waals surface area contributed by atoms with Crippen LogP contribution >= 0.6 is 0 Å². The molecule has 0 fully saturated rings. The van der Waals surface area contributed by atoms with Crippen molar-refractivity contribution in [3.8, 4) is 0 Å². The summed E-state index contributed by atoms with van der Waals surface area (Å²) in [7, 11) is -9.81. The zero-order valence-electron chi connectivity index (χ0n) is 34.6. The lowest BCUT2D eigenvalue weighted by Crippen LogP contribution is -2.31. The van der Waals surface area contributed by atoms with Crippen molar-refractivity contribution >= 4 is 83.6 Å². The standard InChI is InChI=1S/C39H46F2N12O8S2/c1-5-51(6-2)27-11-15-31(49-47-25-9-13-29(40)35(21-25)62(56,57)58)33(23-27)42-37-44-38(46-39(45-37)53(17-19-54)18-20-55)43-34-24-28(52(7-3)8-4)12-16-32(34)50-48-26-10-14-30(41)36(22-26)63(59,60)61/h9-16,21-24,54-55H,5-8,17-20H2,1-4H3,(H,56,57,58)(H,59,60,61)(H2,42,43,44,45,46)/b49-47+,50-48+. The van der Waals surface area contributed by atoms with Crippen molar-refractivity contribution in [3.63, 3.8) is 0 Å². The average Bonchev–Trinajstić information content (AvgIpc) is 3.24. The summed E-state index contributed by atoms with van der Waals surface area (Å²) in [5.41, 5.74) is 2.38. The fourth-order valence-corrected chi connectivity index (χ4v) is 7.30. The van der Waals surface area contributed by atoms with Gasteiger partial charge in [0.05, 0.1) is 36.0 Å². The lowest BCUT2D eigenvalue weighted by atomic mass is 10.2. The number of hydrogen-bond acceptors (Lipinski definition) is 18. The fraction of sp³-hybridized carbons (Fsp3) is 0.308. The van der Waals surface area contributed by atoms with Gasteiger partial charge >= 0.3 is 0 Å². The third-order valence-electron chi connectivity index (χ3n) is 9.29. The molecule has 6 N–H and O–H groups in total. The molecule has 0 atom stereocenters. The number of nitrogens with one attached hydrogen (secondary N) is 2. The van der Waals surface area contributed by atoms with Crippen LogP contribution in [0.3, 0.4) is 0 Å². The Bertz CT molecular complexity index is 2510. The van der Waals surface area contributed by atoms with Gasteiger partial charge in [-0.3, -0.25) is 9.11 Å². The van der Waals surface area contributed by atoms with Crippen LogP contribution in [0.25, 0.3) is 0 Å². The van der Waals surface area contributed by atoms with Gasteiger partial charge in [0.25, 0.3) is 20.2 Å². The summed E-state index contributed by atoms with van der Waals surface area (Å²) in [5, 5.41) is 42.9. The summed E-state index contributed by atoms with van der Waals surface area (Å²) in [4.78, 5) is 17.5. The zero-order chi connectivity index (χ0) is 45.9. The maximum Gasteiger partial charge on any atom is 0.297 e. The Balaban J connectivity index is 1.64. The Morgan fingerprint density at radius 3 is 1.30 bits per heavy atom. The average molecular weight is 913 g/mol. The van der Waals surface area contributed by atoms with Crippen molar-refractivity contribution in [2.45, 2.75) is 37.5 Å². The predicted molar refractivity (Wildman–Crippen MR) is 234 cm³/mol. The summed E-state index contributed by atoms with van der Waals surface area (Å²) in [5.74, 6) is -2.44. The van der Waals surface area contributed by atoms with Gasteiger partial charge in [0.1, 0.15) is 32.8 Å². The number of benzene rings is 4. The van der Waals surface area contributed by atoms with Gasteiger partial charge in [0.2, 0.25) is 17.8 Å². The maximum absolute atomic E-state index is 14.2. The largest absolute Gasteiger partial charge is 0.395 e. The van der Waals surface area contributed by atoms with Gasteiger partial charge in [-0.2, -0.15) is 42.0 Å². The monoisotopic (exact) mass is 912 g/mol. The molecule has 0 unspecified atom stereocenters. The number of azo groups is 2. The number of hydrogen-bond donors (Lipinski definition) is 6. The second-order valence-electron chi connectivity index (χ2n) is 13.3. The predicted octanol–water partition coefficient (Wildman–Crippen LogP) is 7.44. The van der Waals surface area contributed by atoms with E-state index < -0.39 is 41.7 Å². The Morgan fingerprint density at radius 1 is 0.556 bits per heavy atom. The molecular formula is C39H46F2N12O8S2. The summed E-state index contributed by atoms with van der Waals surface area (Å²) in [6, 6.07) is 16.0. The van der Waals surface area contributed by atoms with E-state index in [4.69, 9.17) is 0 Å². The quantitative estimate of drug-likeness (QED) is 0.0308.